The molecule has 1 aliphatic rings. The monoisotopic (exact) mass is 288 g/mol. The summed E-state index contributed by atoms with van der Waals surface area (Å²) in [7, 11) is 0. The van der Waals surface area contributed by atoms with E-state index in [0.29, 0.717) is 0 Å². The zero-order valence-corrected chi connectivity index (χ0v) is 13.7. The minimum atomic E-state index is -0.383. The Kier molecular flexibility index (Phi) is 4.72. The van der Waals surface area contributed by atoms with Gasteiger partial charge in [-0.2, -0.15) is 0 Å². The highest BCUT2D eigenvalue weighted by atomic mass is 16.2. The second-order valence-electron chi connectivity index (χ2n) is 7.26. The molecule has 2 rings (SSSR count). The molecular weight excluding hydrogens is 260 g/mol. The Hall–Kier alpha value is -1.35. The zero-order chi connectivity index (χ0) is 15.5. The van der Waals surface area contributed by atoms with E-state index >= 15 is 0 Å². The van der Waals surface area contributed by atoms with Crippen LogP contribution in [0.25, 0.3) is 0 Å². The first-order chi connectivity index (χ1) is 9.86. The first kappa shape index (κ1) is 16.0. The Balaban J connectivity index is 2.26. The van der Waals surface area contributed by atoms with Crippen LogP contribution in [0.1, 0.15) is 46.1 Å². The summed E-state index contributed by atoms with van der Waals surface area (Å²) in [5.41, 5.74) is 0.831. The molecule has 0 aliphatic carbocycles. The normalized spacial score (nSPS) is 19.8. The quantitative estimate of drug-likeness (QED) is 0.898. The first-order valence-corrected chi connectivity index (χ1v) is 7.93. The minimum Gasteiger partial charge on any atom is -0.352 e. The Morgan fingerprint density at radius 1 is 1.19 bits per heavy atom. The van der Waals surface area contributed by atoms with Crippen LogP contribution in [0.3, 0.4) is 0 Å². The number of benzene rings is 1. The van der Waals surface area contributed by atoms with Crippen LogP contribution in [-0.2, 0) is 10.2 Å². The molecule has 3 heteroatoms. The second-order valence-corrected chi connectivity index (χ2v) is 7.26. The molecule has 3 nitrogen and oxygen atoms in total. The Morgan fingerprint density at radius 3 is 2.29 bits per heavy atom. The van der Waals surface area contributed by atoms with Crippen molar-refractivity contribution in [1.82, 2.24) is 10.6 Å². The fraction of sp³-hybridized carbons (Fsp3) is 0.611. The maximum Gasteiger partial charge on any atom is 0.230 e. The van der Waals surface area contributed by atoms with E-state index in [1.807, 2.05) is 18.2 Å². The fourth-order valence-corrected chi connectivity index (χ4v) is 2.81. The number of rotatable bonds is 3. The SMILES string of the molecule is C[C@H](NC(=O)C1(c2ccccc2)CCNCC1)C(C)(C)C. The topological polar surface area (TPSA) is 41.1 Å². The molecule has 21 heavy (non-hydrogen) atoms. The molecule has 116 valence electrons. The van der Waals surface area contributed by atoms with Gasteiger partial charge < -0.3 is 10.6 Å². The smallest absolute Gasteiger partial charge is 0.230 e. The molecule has 1 saturated heterocycles. The van der Waals surface area contributed by atoms with Crippen molar-refractivity contribution >= 4 is 5.91 Å². The van der Waals surface area contributed by atoms with Gasteiger partial charge in [0.1, 0.15) is 0 Å². The average Bonchev–Trinajstić information content (AvgIpc) is 2.47. The van der Waals surface area contributed by atoms with Crippen LogP contribution in [0.4, 0.5) is 0 Å². The van der Waals surface area contributed by atoms with Crippen LogP contribution in [0, 0.1) is 5.41 Å². The average molecular weight is 288 g/mol. The highest BCUT2D eigenvalue weighted by Gasteiger charge is 2.42. The van der Waals surface area contributed by atoms with Gasteiger partial charge in [-0.05, 0) is 43.8 Å². The van der Waals surface area contributed by atoms with Crippen molar-refractivity contribution in [3.63, 3.8) is 0 Å². The van der Waals surface area contributed by atoms with Crippen LogP contribution in [-0.4, -0.2) is 25.0 Å². The van der Waals surface area contributed by atoms with E-state index in [4.69, 9.17) is 0 Å². The standard InChI is InChI=1S/C18H28N2O/c1-14(17(2,3)4)20-16(21)18(10-12-19-13-11-18)15-8-6-5-7-9-15/h5-9,14,19H,10-13H2,1-4H3,(H,20,21)/t14-/m0/s1. The van der Waals surface area contributed by atoms with Gasteiger partial charge in [-0.3, -0.25) is 4.79 Å². The van der Waals surface area contributed by atoms with Crippen molar-refractivity contribution < 1.29 is 4.79 Å². The molecule has 1 aromatic carbocycles. The number of carbonyl (C=O) groups is 1. The molecule has 0 aromatic heterocycles. The van der Waals surface area contributed by atoms with E-state index in [9.17, 15) is 4.79 Å². The zero-order valence-electron chi connectivity index (χ0n) is 13.7. The van der Waals surface area contributed by atoms with Gasteiger partial charge in [-0.1, -0.05) is 51.1 Å². The highest BCUT2D eigenvalue weighted by molar-refractivity contribution is 5.88. The third kappa shape index (κ3) is 3.46. The van der Waals surface area contributed by atoms with Crippen LogP contribution < -0.4 is 10.6 Å². The number of amides is 1. The molecular formula is C18H28N2O. The van der Waals surface area contributed by atoms with Gasteiger partial charge in [0.25, 0.3) is 0 Å². The minimum absolute atomic E-state index is 0.0699. The fourth-order valence-electron chi connectivity index (χ4n) is 2.81. The summed E-state index contributed by atoms with van der Waals surface area (Å²) < 4.78 is 0. The van der Waals surface area contributed by atoms with Gasteiger partial charge in [0, 0.05) is 6.04 Å². The number of carbonyl (C=O) groups excluding carboxylic acids is 1. The largest absolute Gasteiger partial charge is 0.352 e. The van der Waals surface area contributed by atoms with E-state index in [2.05, 4.69) is 50.5 Å². The lowest BCUT2D eigenvalue weighted by Gasteiger charge is -2.39. The molecule has 0 radical (unpaired) electrons. The number of piperidine rings is 1. The third-order valence-corrected chi connectivity index (χ3v) is 4.86. The van der Waals surface area contributed by atoms with Crippen molar-refractivity contribution in [3.8, 4) is 0 Å². The second kappa shape index (κ2) is 6.18. The lowest BCUT2D eigenvalue weighted by atomic mass is 9.72. The molecule has 1 atom stereocenters. The molecule has 1 amide bonds. The summed E-state index contributed by atoms with van der Waals surface area (Å²) >= 11 is 0. The molecule has 0 unspecified atom stereocenters. The summed E-state index contributed by atoms with van der Waals surface area (Å²) in [6.07, 6.45) is 1.72. The van der Waals surface area contributed by atoms with Gasteiger partial charge in [0.05, 0.1) is 5.41 Å². The van der Waals surface area contributed by atoms with E-state index < -0.39 is 0 Å². The van der Waals surface area contributed by atoms with E-state index in [1.54, 1.807) is 0 Å². The van der Waals surface area contributed by atoms with Crippen molar-refractivity contribution in [2.45, 2.75) is 52.0 Å². The summed E-state index contributed by atoms with van der Waals surface area (Å²) in [4.78, 5) is 13.0. The number of hydrogen-bond acceptors (Lipinski definition) is 2. The van der Waals surface area contributed by atoms with Gasteiger partial charge in [0.15, 0.2) is 0 Å². The van der Waals surface area contributed by atoms with E-state index in [1.165, 1.54) is 0 Å². The molecule has 2 N–H and O–H groups in total. The molecule has 0 spiro atoms. The maximum absolute atomic E-state index is 13.0. The van der Waals surface area contributed by atoms with E-state index in [0.717, 1.165) is 31.5 Å². The predicted molar refractivity (Wildman–Crippen MR) is 87.3 cm³/mol. The Morgan fingerprint density at radius 2 is 1.76 bits per heavy atom. The summed E-state index contributed by atoms with van der Waals surface area (Å²) in [5.74, 6) is 0.178. The summed E-state index contributed by atoms with van der Waals surface area (Å²) in [6, 6.07) is 10.4. The molecule has 1 aromatic rings. The molecule has 1 aliphatic heterocycles. The van der Waals surface area contributed by atoms with Crippen molar-refractivity contribution in [1.29, 1.82) is 0 Å². The first-order valence-electron chi connectivity index (χ1n) is 7.93. The van der Waals surface area contributed by atoms with Gasteiger partial charge in [-0.25, -0.2) is 0 Å². The lowest BCUT2D eigenvalue weighted by Crippen LogP contribution is -2.54. The van der Waals surface area contributed by atoms with Crippen LogP contribution in [0.15, 0.2) is 30.3 Å². The Bertz CT molecular complexity index is 470. The molecule has 0 saturated carbocycles. The summed E-state index contributed by atoms with van der Waals surface area (Å²) in [5, 5.41) is 6.63. The van der Waals surface area contributed by atoms with Crippen LogP contribution in [0.5, 0.6) is 0 Å². The third-order valence-electron chi connectivity index (χ3n) is 4.86. The van der Waals surface area contributed by atoms with Crippen molar-refractivity contribution in [2.24, 2.45) is 5.41 Å². The van der Waals surface area contributed by atoms with E-state index in [-0.39, 0.29) is 22.8 Å². The molecule has 1 fully saturated rings. The van der Waals surface area contributed by atoms with Gasteiger partial charge >= 0.3 is 0 Å². The van der Waals surface area contributed by atoms with Crippen LogP contribution in [0.2, 0.25) is 0 Å². The van der Waals surface area contributed by atoms with Crippen molar-refractivity contribution in [3.05, 3.63) is 35.9 Å². The van der Waals surface area contributed by atoms with Crippen LogP contribution >= 0.6 is 0 Å². The summed E-state index contributed by atoms with van der Waals surface area (Å²) in [6.45, 7) is 10.4. The maximum atomic E-state index is 13.0. The number of nitrogens with one attached hydrogen (secondary N) is 2. The van der Waals surface area contributed by atoms with Gasteiger partial charge in [0.2, 0.25) is 5.91 Å². The Labute approximate surface area is 128 Å². The predicted octanol–water partition coefficient (Wildman–Crippen LogP) is 2.86. The van der Waals surface area contributed by atoms with Crippen molar-refractivity contribution in [2.75, 3.05) is 13.1 Å². The molecule has 0 bridgehead atoms. The lowest BCUT2D eigenvalue weighted by molar-refractivity contribution is -0.129. The van der Waals surface area contributed by atoms with Gasteiger partial charge in [-0.15, -0.1) is 0 Å². The number of hydrogen-bond donors (Lipinski definition) is 2. The highest BCUT2D eigenvalue weighted by Crippen LogP contribution is 2.34. The molecule has 1 heterocycles.